The van der Waals surface area contributed by atoms with Crippen LogP contribution in [0.4, 0.5) is 5.82 Å². The minimum absolute atomic E-state index is 0.304. The first-order chi connectivity index (χ1) is 7.16. The molecule has 3 heteroatoms. The van der Waals surface area contributed by atoms with Crippen molar-refractivity contribution in [3.8, 4) is 0 Å². The zero-order chi connectivity index (χ0) is 11.3. The van der Waals surface area contributed by atoms with Crippen LogP contribution >= 0.6 is 0 Å². The van der Waals surface area contributed by atoms with Crippen molar-refractivity contribution >= 4 is 5.82 Å². The molecule has 0 aliphatic heterocycles. The molecule has 0 saturated carbocycles. The van der Waals surface area contributed by atoms with Gasteiger partial charge >= 0.3 is 0 Å². The van der Waals surface area contributed by atoms with Gasteiger partial charge in [0.25, 0.3) is 0 Å². The first kappa shape index (κ1) is 12.0. The van der Waals surface area contributed by atoms with E-state index in [0.29, 0.717) is 17.8 Å². The molecule has 0 saturated heterocycles. The summed E-state index contributed by atoms with van der Waals surface area (Å²) in [7, 11) is 0. The van der Waals surface area contributed by atoms with Crippen molar-refractivity contribution in [3.63, 3.8) is 0 Å². The Labute approximate surface area is 92.1 Å². The Morgan fingerprint density at radius 2 is 2.20 bits per heavy atom. The molecule has 0 aliphatic carbocycles. The summed E-state index contributed by atoms with van der Waals surface area (Å²) >= 11 is 0. The van der Waals surface area contributed by atoms with E-state index >= 15 is 0 Å². The van der Waals surface area contributed by atoms with Gasteiger partial charge in [-0.15, -0.1) is 0 Å². The van der Waals surface area contributed by atoms with Crippen molar-refractivity contribution in [1.82, 2.24) is 10.3 Å². The van der Waals surface area contributed by atoms with E-state index in [4.69, 9.17) is 5.73 Å². The van der Waals surface area contributed by atoms with Gasteiger partial charge in [0.1, 0.15) is 5.82 Å². The molecule has 0 aliphatic rings. The summed E-state index contributed by atoms with van der Waals surface area (Å²) < 4.78 is 0. The third-order valence-electron chi connectivity index (χ3n) is 2.49. The van der Waals surface area contributed by atoms with Crippen LogP contribution in [-0.4, -0.2) is 11.5 Å². The molecule has 3 N–H and O–H groups in total. The second kappa shape index (κ2) is 5.71. The summed E-state index contributed by atoms with van der Waals surface area (Å²) in [5.41, 5.74) is 6.99. The minimum Gasteiger partial charge on any atom is -0.383 e. The average molecular weight is 207 g/mol. The van der Waals surface area contributed by atoms with Gasteiger partial charge in [0.2, 0.25) is 0 Å². The Morgan fingerprint density at radius 3 is 2.73 bits per heavy atom. The molecule has 1 unspecified atom stereocenters. The van der Waals surface area contributed by atoms with Crippen molar-refractivity contribution in [2.75, 3.05) is 12.3 Å². The number of nitrogen functional groups attached to an aromatic ring is 1. The van der Waals surface area contributed by atoms with Crippen LogP contribution < -0.4 is 11.1 Å². The molecule has 0 amide bonds. The van der Waals surface area contributed by atoms with Crippen molar-refractivity contribution in [2.24, 2.45) is 5.92 Å². The van der Waals surface area contributed by atoms with Crippen LogP contribution in [0.3, 0.4) is 0 Å². The molecule has 15 heavy (non-hydrogen) atoms. The van der Waals surface area contributed by atoms with Crippen LogP contribution in [0.5, 0.6) is 0 Å². The van der Waals surface area contributed by atoms with Crippen molar-refractivity contribution in [3.05, 3.63) is 23.9 Å². The molecule has 0 bridgehead atoms. The Bertz CT molecular complexity index is 297. The Morgan fingerprint density at radius 1 is 1.47 bits per heavy atom. The average Bonchev–Trinajstić information content (AvgIpc) is 2.20. The predicted molar refractivity (Wildman–Crippen MR) is 64.5 cm³/mol. The lowest BCUT2D eigenvalue weighted by atomic mass is 9.96. The van der Waals surface area contributed by atoms with Gasteiger partial charge in [-0.1, -0.05) is 26.8 Å². The summed E-state index contributed by atoms with van der Waals surface area (Å²) in [6.45, 7) is 7.56. The van der Waals surface area contributed by atoms with Gasteiger partial charge in [0.15, 0.2) is 0 Å². The van der Waals surface area contributed by atoms with Gasteiger partial charge in [-0.2, -0.15) is 0 Å². The fourth-order valence-corrected chi connectivity index (χ4v) is 1.70. The van der Waals surface area contributed by atoms with E-state index in [1.165, 1.54) is 0 Å². The summed E-state index contributed by atoms with van der Waals surface area (Å²) in [6.07, 6.45) is 2.86. The van der Waals surface area contributed by atoms with E-state index in [-0.39, 0.29) is 0 Å². The maximum atomic E-state index is 5.88. The summed E-state index contributed by atoms with van der Waals surface area (Å²) in [4.78, 5) is 4.13. The fraction of sp³-hybridized carbons (Fsp3) is 0.583. The monoisotopic (exact) mass is 207 g/mol. The maximum Gasteiger partial charge on any atom is 0.128 e. The molecule has 1 aromatic heterocycles. The number of nitrogens with two attached hydrogens (primary N) is 1. The predicted octanol–water partition coefficient (Wildman–Crippen LogP) is 2.36. The molecule has 0 aromatic carbocycles. The highest BCUT2D eigenvalue weighted by Crippen LogP contribution is 2.24. The molecule has 1 atom stereocenters. The molecule has 1 aromatic rings. The van der Waals surface area contributed by atoms with Gasteiger partial charge < -0.3 is 11.1 Å². The molecular weight excluding hydrogens is 186 g/mol. The number of nitrogens with one attached hydrogen (secondary N) is 1. The van der Waals surface area contributed by atoms with E-state index in [2.05, 4.69) is 37.1 Å². The number of pyridine rings is 1. The normalized spacial score (nSPS) is 13.1. The minimum atomic E-state index is 0.304. The number of anilines is 1. The van der Waals surface area contributed by atoms with Crippen LogP contribution in [0.25, 0.3) is 0 Å². The molecule has 3 nitrogen and oxygen atoms in total. The summed E-state index contributed by atoms with van der Waals surface area (Å²) in [6, 6.07) is 4.29. The molecule has 0 spiro atoms. The smallest absolute Gasteiger partial charge is 0.128 e. The number of rotatable bonds is 5. The lowest BCUT2D eigenvalue weighted by molar-refractivity contribution is 0.413. The standard InChI is InChI=1S/C12H21N3/c1-4-7-14-11(9(2)3)10-6-5-8-15-12(10)13/h5-6,8-9,11,14H,4,7H2,1-3H3,(H2,13,15). The second-order valence-corrected chi connectivity index (χ2v) is 4.15. The van der Waals surface area contributed by atoms with Crippen LogP contribution in [0.15, 0.2) is 18.3 Å². The van der Waals surface area contributed by atoms with Crippen LogP contribution in [0.2, 0.25) is 0 Å². The third kappa shape index (κ3) is 3.20. The van der Waals surface area contributed by atoms with E-state index in [9.17, 15) is 0 Å². The molecule has 0 radical (unpaired) electrons. The lowest BCUT2D eigenvalue weighted by Crippen LogP contribution is -2.27. The van der Waals surface area contributed by atoms with Crippen molar-refractivity contribution in [2.45, 2.75) is 33.2 Å². The second-order valence-electron chi connectivity index (χ2n) is 4.15. The van der Waals surface area contributed by atoms with Gasteiger partial charge in [-0.3, -0.25) is 0 Å². The quantitative estimate of drug-likeness (QED) is 0.779. The largest absolute Gasteiger partial charge is 0.383 e. The molecular formula is C12H21N3. The highest BCUT2D eigenvalue weighted by molar-refractivity contribution is 5.41. The topological polar surface area (TPSA) is 50.9 Å². The van der Waals surface area contributed by atoms with E-state index in [1.807, 2.05) is 6.07 Å². The van der Waals surface area contributed by atoms with Gasteiger partial charge in [-0.25, -0.2) is 4.98 Å². The Kier molecular flexibility index (Phi) is 4.56. The van der Waals surface area contributed by atoms with E-state index in [1.54, 1.807) is 6.20 Å². The van der Waals surface area contributed by atoms with Crippen LogP contribution in [0.1, 0.15) is 38.8 Å². The number of aromatic nitrogens is 1. The van der Waals surface area contributed by atoms with E-state index < -0.39 is 0 Å². The first-order valence-electron chi connectivity index (χ1n) is 5.60. The Balaban J connectivity index is 2.84. The molecule has 1 heterocycles. The SMILES string of the molecule is CCCNC(c1cccnc1N)C(C)C. The van der Waals surface area contributed by atoms with Crippen molar-refractivity contribution in [1.29, 1.82) is 0 Å². The number of hydrogen-bond donors (Lipinski definition) is 2. The zero-order valence-corrected chi connectivity index (χ0v) is 9.83. The Hall–Kier alpha value is -1.09. The fourth-order valence-electron chi connectivity index (χ4n) is 1.70. The van der Waals surface area contributed by atoms with Gasteiger partial charge in [0.05, 0.1) is 0 Å². The third-order valence-corrected chi connectivity index (χ3v) is 2.49. The summed E-state index contributed by atoms with van der Waals surface area (Å²) in [5.74, 6) is 1.16. The van der Waals surface area contributed by atoms with Crippen LogP contribution in [0, 0.1) is 5.92 Å². The van der Waals surface area contributed by atoms with Crippen LogP contribution in [-0.2, 0) is 0 Å². The van der Waals surface area contributed by atoms with Crippen molar-refractivity contribution < 1.29 is 0 Å². The summed E-state index contributed by atoms with van der Waals surface area (Å²) in [5, 5.41) is 3.51. The number of nitrogens with zero attached hydrogens (tertiary/aromatic N) is 1. The molecule has 0 fully saturated rings. The molecule has 84 valence electrons. The molecule has 1 rings (SSSR count). The maximum absolute atomic E-state index is 5.88. The highest BCUT2D eigenvalue weighted by atomic mass is 14.9. The number of hydrogen-bond acceptors (Lipinski definition) is 3. The van der Waals surface area contributed by atoms with E-state index in [0.717, 1.165) is 18.5 Å². The highest BCUT2D eigenvalue weighted by Gasteiger charge is 2.17. The lowest BCUT2D eigenvalue weighted by Gasteiger charge is -2.23. The first-order valence-corrected chi connectivity index (χ1v) is 5.60. The van der Waals surface area contributed by atoms with Gasteiger partial charge in [-0.05, 0) is 24.9 Å². The van der Waals surface area contributed by atoms with Gasteiger partial charge in [0, 0.05) is 17.8 Å². The zero-order valence-electron chi connectivity index (χ0n) is 9.83.